The van der Waals surface area contributed by atoms with Crippen molar-refractivity contribution >= 4 is 6.09 Å². The Morgan fingerprint density at radius 3 is 2.90 bits per heavy atom. The molecule has 4 heteroatoms. The summed E-state index contributed by atoms with van der Waals surface area (Å²) in [6, 6.07) is 9.74. The topological polar surface area (TPSA) is 38.8 Å². The van der Waals surface area contributed by atoms with Gasteiger partial charge in [-0.25, -0.2) is 4.79 Å². The first kappa shape index (κ1) is 14.9. The highest BCUT2D eigenvalue weighted by Crippen LogP contribution is 2.15. The molecule has 1 atom stereocenters. The molecule has 1 unspecified atom stereocenters. The standard InChI is InChI=1S/C16H23NO3/c1-2-3-11-19-15-9-10-17(12-15)16(18)20-13-14-7-5-4-6-8-14/h4-8,15H,2-3,9-13H2,1H3. The Hall–Kier alpha value is -1.55. The number of hydrogen-bond donors (Lipinski definition) is 0. The van der Waals surface area contributed by atoms with Gasteiger partial charge in [-0.3, -0.25) is 0 Å². The lowest BCUT2D eigenvalue weighted by atomic mass is 10.2. The van der Waals surface area contributed by atoms with Gasteiger partial charge in [-0.2, -0.15) is 0 Å². The second-order valence-electron chi connectivity index (χ2n) is 5.12. The molecule has 1 aromatic rings. The minimum absolute atomic E-state index is 0.172. The Bertz CT molecular complexity index is 407. The summed E-state index contributed by atoms with van der Waals surface area (Å²) in [6.07, 6.45) is 3.05. The Balaban J connectivity index is 1.69. The smallest absolute Gasteiger partial charge is 0.410 e. The molecule has 4 nitrogen and oxygen atoms in total. The van der Waals surface area contributed by atoms with Crippen LogP contribution in [0.5, 0.6) is 0 Å². The third kappa shape index (κ3) is 4.53. The van der Waals surface area contributed by atoms with Crippen molar-refractivity contribution in [1.29, 1.82) is 0 Å². The SMILES string of the molecule is CCCCOC1CCN(C(=O)OCc2ccccc2)C1. The van der Waals surface area contributed by atoms with E-state index in [4.69, 9.17) is 9.47 Å². The van der Waals surface area contributed by atoms with Crippen LogP contribution in [0.1, 0.15) is 31.7 Å². The van der Waals surface area contributed by atoms with Crippen LogP contribution in [0.3, 0.4) is 0 Å². The van der Waals surface area contributed by atoms with E-state index in [9.17, 15) is 4.79 Å². The maximum absolute atomic E-state index is 11.9. The largest absolute Gasteiger partial charge is 0.445 e. The van der Waals surface area contributed by atoms with Crippen molar-refractivity contribution in [2.75, 3.05) is 19.7 Å². The van der Waals surface area contributed by atoms with Crippen LogP contribution in [-0.4, -0.2) is 36.8 Å². The zero-order valence-electron chi connectivity index (χ0n) is 12.1. The van der Waals surface area contributed by atoms with Gasteiger partial charge in [-0.05, 0) is 18.4 Å². The first-order valence-electron chi connectivity index (χ1n) is 7.37. The van der Waals surface area contributed by atoms with Crippen molar-refractivity contribution in [1.82, 2.24) is 4.90 Å². The van der Waals surface area contributed by atoms with Gasteiger partial charge >= 0.3 is 6.09 Å². The summed E-state index contributed by atoms with van der Waals surface area (Å²) in [5.74, 6) is 0. The molecule has 20 heavy (non-hydrogen) atoms. The summed E-state index contributed by atoms with van der Waals surface area (Å²) in [5.41, 5.74) is 1.01. The maximum Gasteiger partial charge on any atom is 0.410 e. The van der Waals surface area contributed by atoms with Gasteiger partial charge in [0, 0.05) is 13.2 Å². The van der Waals surface area contributed by atoms with Gasteiger partial charge in [0.1, 0.15) is 6.61 Å². The molecule has 1 fully saturated rings. The lowest BCUT2D eigenvalue weighted by Gasteiger charge is -2.16. The number of nitrogens with zero attached hydrogens (tertiary/aromatic N) is 1. The Kier molecular flexibility index (Phi) is 5.87. The van der Waals surface area contributed by atoms with Crippen LogP contribution in [0.25, 0.3) is 0 Å². The molecule has 0 aliphatic carbocycles. The number of likely N-dealkylation sites (tertiary alicyclic amines) is 1. The van der Waals surface area contributed by atoms with Crippen molar-refractivity contribution in [2.24, 2.45) is 0 Å². The summed E-state index contributed by atoms with van der Waals surface area (Å²) < 4.78 is 11.1. The van der Waals surface area contributed by atoms with E-state index in [1.165, 1.54) is 0 Å². The fourth-order valence-electron chi connectivity index (χ4n) is 2.24. The van der Waals surface area contributed by atoms with E-state index in [-0.39, 0.29) is 12.2 Å². The highest BCUT2D eigenvalue weighted by molar-refractivity contribution is 5.68. The van der Waals surface area contributed by atoms with Crippen LogP contribution in [-0.2, 0) is 16.1 Å². The lowest BCUT2D eigenvalue weighted by molar-refractivity contribution is 0.0524. The number of rotatable bonds is 6. The number of amides is 1. The van der Waals surface area contributed by atoms with E-state index in [0.717, 1.165) is 38.0 Å². The normalized spacial score (nSPS) is 18.2. The van der Waals surface area contributed by atoms with Gasteiger partial charge in [0.25, 0.3) is 0 Å². The molecule has 0 radical (unpaired) electrons. The predicted octanol–water partition coefficient (Wildman–Crippen LogP) is 3.21. The van der Waals surface area contributed by atoms with Gasteiger partial charge in [0.05, 0.1) is 12.6 Å². The summed E-state index contributed by atoms with van der Waals surface area (Å²) in [7, 11) is 0. The van der Waals surface area contributed by atoms with Crippen molar-refractivity contribution in [2.45, 2.75) is 38.9 Å². The lowest BCUT2D eigenvalue weighted by Crippen LogP contribution is -2.30. The number of unbranched alkanes of at least 4 members (excludes halogenated alkanes) is 1. The van der Waals surface area contributed by atoms with Gasteiger partial charge in [-0.15, -0.1) is 0 Å². The average molecular weight is 277 g/mol. The van der Waals surface area contributed by atoms with Crippen molar-refractivity contribution in [3.8, 4) is 0 Å². The van der Waals surface area contributed by atoms with E-state index in [1.807, 2.05) is 30.3 Å². The molecule has 0 spiro atoms. The fourth-order valence-corrected chi connectivity index (χ4v) is 2.24. The van der Waals surface area contributed by atoms with Crippen LogP contribution in [0, 0.1) is 0 Å². The number of ether oxygens (including phenoxy) is 2. The van der Waals surface area contributed by atoms with Crippen LogP contribution >= 0.6 is 0 Å². The van der Waals surface area contributed by atoms with E-state index in [0.29, 0.717) is 13.2 Å². The number of carbonyl (C=O) groups excluding carboxylic acids is 1. The molecule has 110 valence electrons. The van der Waals surface area contributed by atoms with Gasteiger partial charge in [0.15, 0.2) is 0 Å². The van der Waals surface area contributed by atoms with Crippen LogP contribution in [0.15, 0.2) is 30.3 Å². The molecular formula is C16H23NO3. The monoisotopic (exact) mass is 277 g/mol. The second kappa shape index (κ2) is 7.90. The molecule has 1 aliphatic heterocycles. The Morgan fingerprint density at radius 2 is 2.15 bits per heavy atom. The second-order valence-corrected chi connectivity index (χ2v) is 5.12. The zero-order chi connectivity index (χ0) is 14.2. The molecular weight excluding hydrogens is 254 g/mol. The van der Waals surface area contributed by atoms with Crippen LogP contribution in [0.2, 0.25) is 0 Å². The van der Waals surface area contributed by atoms with E-state index >= 15 is 0 Å². The van der Waals surface area contributed by atoms with Crippen LogP contribution in [0.4, 0.5) is 4.79 Å². The van der Waals surface area contributed by atoms with E-state index < -0.39 is 0 Å². The molecule has 0 saturated carbocycles. The van der Waals surface area contributed by atoms with Gasteiger partial charge < -0.3 is 14.4 Å². The highest BCUT2D eigenvalue weighted by atomic mass is 16.6. The van der Waals surface area contributed by atoms with Crippen molar-refractivity contribution < 1.29 is 14.3 Å². The summed E-state index contributed by atoms with van der Waals surface area (Å²) in [6.45, 7) is 4.64. The molecule has 0 bridgehead atoms. The summed E-state index contributed by atoms with van der Waals surface area (Å²) in [4.78, 5) is 13.7. The Morgan fingerprint density at radius 1 is 1.35 bits per heavy atom. The number of hydrogen-bond acceptors (Lipinski definition) is 3. The molecule has 1 saturated heterocycles. The van der Waals surface area contributed by atoms with E-state index in [2.05, 4.69) is 6.92 Å². The average Bonchev–Trinajstić information content (AvgIpc) is 2.95. The zero-order valence-corrected chi connectivity index (χ0v) is 12.1. The minimum Gasteiger partial charge on any atom is -0.445 e. The van der Waals surface area contributed by atoms with Gasteiger partial charge in [-0.1, -0.05) is 43.7 Å². The molecule has 1 aromatic carbocycles. The highest BCUT2D eigenvalue weighted by Gasteiger charge is 2.27. The molecule has 2 rings (SSSR count). The molecule has 1 heterocycles. The van der Waals surface area contributed by atoms with Crippen LogP contribution < -0.4 is 0 Å². The molecule has 1 amide bonds. The quantitative estimate of drug-likeness (QED) is 0.749. The minimum atomic E-state index is -0.240. The van der Waals surface area contributed by atoms with Crippen molar-refractivity contribution in [3.05, 3.63) is 35.9 Å². The van der Waals surface area contributed by atoms with Crippen molar-refractivity contribution in [3.63, 3.8) is 0 Å². The summed E-state index contributed by atoms with van der Waals surface area (Å²) >= 11 is 0. The number of carbonyl (C=O) groups is 1. The summed E-state index contributed by atoms with van der Waals surface area (Å²) in [5, 5.41) is 0. The predicted molar refractivity (Wildman–Crippen MR) is 77.5 cm³/mol. The third-order valence-electron chi connectivity index (χ3n) is 3.46. The Labute approximate surface area is 120 Å². The first-order valence-corrected chi connectivity index (χ1v) is 7.37. The maximum atomic E-state index is 11.9. The van der Waals surface area contributed by atoms with Gasteiger partial charge in [0.2, 0.25) is 0 Å². The number of benzene rings is 1. The third-order valence-corrected chi connectivity index (χ3v) is 3.46. The first-order chi connectivity index (χ1) is 9.79. The van der Waals surface area contributed by atoms with E-state index in [1.54, 1.807) is 4.90 Å². The molecule has 1 aliphatic rings. The molecule has 0 aromatic heterocycles. The molecule has 0 N–H and O–H groups in total. The fraction of sp³-hybridized carbons (Fsp3) is 0.562.